The summed E-state index contributed by atoms with van der Waals surface area (Å²) in [5, 5.41) is 12.4. The monoisotopic (exact) mass is 256 g/mol. The molecule has 0 spiro atoms. The number of nitrogens with zero attached hydrogens (tertiary/aromatic N) is 3. The predicted octanol–water partition coefficient (Wildman–Crippen LogP) is 2.56. The molecule has 0 amide bonds. The number of hydrogen-bond donors (Lipinski definition) is 1. The van der Waals surface area contributed by atoms with Crippen LogP contribution in [0.15, 0.2) is 15.8 Å². The van der Waals surface area contributed by atoms with Gasteiger partial charge in [-0.15, -0.1) is 21.5 Å². The van der Waals surface area contributed by atoms with E-state index in [1.165, 1.54) is 16.6 Å². The normalized spacial score (nSPS) is 10.6. The SMILES string of the molecule is CCNc1ncc(CSc2nnc(C)o2)s1. The number of hydrogen-bond acceptors (Lipinski definition) is 7. The molecule has 2 heterocycles. The van der Waals surface area contributed by atoms with Crippen molar-refractivity contribution in [3.05, 3.63) is 17.0 Å². The van der Waals surface area contributed by atoms with Gasteiger partial charge in [0.1, 0.15) is 0 Å². The van der Waals surface area contributed by atoms with Gasteiger partial charge in [0.25, 0.3) is 5.22 Å². The molecule has 0 aliphatic heterocycles. The van der Waals surface area contributed by atoms with Crippen LogP contribution in [0, 0.1) is 6.92 Å². The zero-order valence-electron chi connectivity index (χ0n) is 9.06. The van der Waals surface area contributed by atoms with Crippen molar-refractivity contribution in [2.24, 2.45) is 0 Å². The van der Waals surface area contributed by atoms with Crippen molar-refractivity contribution in [3.8, 4) is 0 Å². The maximum Gasteiger partial charge on any atom is 0.276 e. The van der Waals surface area contributed by atoms with E-state index in [0.717, 1.165) is 17.4 Å². The molecule has 0 aliphatic carbocycles. The van der Waals surface area contributed by atoms with Crippen molar-refractivity contribution >= 4 is 28.2 Å². The molecule has 86 valence electrons. The lowest BCUT2D eigenvalue weighted by molar-refractivity contribution is 0.429. The number of nitrogens with one attached hydrogen (secondary N) is 1. The largest absolute Gasteiger partial charge is 0.416 e. The highest BCUT2D eigenvalue weighted by Crippen LogP contribution is 2.26. The Balaban J connectivity index is 1.89. The summed E-state index contributed by atoms with van der Waals surface area (Å²) >= 11 is 3.18. The minimum Gasteiger partial charge on any atom is -0.416 e. The van der Waals surface area contributed by atoms with Crippen molar-refractivity contribution in [1.29, 1.82) is 0 Å². The number of aromatic nitrogens is 3. The molecule has 0 saturated heterocycles. The molecule has 1 N–H and O–H groups in total. The number of anilines is 1. The van der Waals surface area contributed by atoms with Crippen LogP contribution in [0.5, 0.6) is 0 Å². The average Bonchev–Trinajstić information content (AvgIpc) is 2.85. The van der Waals surface area contributed by atoms with Crippen LogP contribution in [-0.2, 0) is 5.75 Å². The molecule has 2 rings (SSSR count). The van der Waals surface area contributed by atoms with Gasteiger partial charge in [0.15, 0.2) is 5.13 Å². The van der Waals surface area contributed by atoms with E-state index >= 15 is 0 Å². The first-order chi connectivity index (χ1) is 7.78. The van der Waals surface area contributed by atoms with Gasteiger partial charge in [-0.1, -0.05) is 11.8 Å². The van der Waals surface area contributed by atoms with Gasteiger partial charge in [0.05, 0.1) is 0 Å². The van der Waals surface area contributed by atoms with Gasteiger partial charge < -0.3 is 9.73 Å². The molecule has 0 bridgehead atoms. The number of aryl methyl sites for hydroxylation is 1. The first kappa shape index (κ1) is 11.4. The minimum atomic E-state index is 0.597. The topological polar surface area (TPSA) is 63.8 Å². The molecule has 16 heavy (non-hydrogen) atoms. The lowest BCUT2D eigenvalue weighted by atomic mass is 10.6. The van der Waals surface area contributed by atoms with Crippen LogP contribution in [0.25, 0.3) is 0 Å². The molecule has 0 radical (unpaired) electrons. The first-order valence-electron chi connectivity index (χ1n) is 4.89. The van der Waals surface area contributed by atoms with Gasteiger partial charge in [0.2, 0.25) is 5.89 Å². The fourth-order valence-electron chi connectivity index (χ4n) is 1.08. The van der Waals surface area contributed by atoms with E-state index in [2.05, 4.69) is 27.4 Å². The quantitative estimate of drug-likeness (QED) is 0.829. The maximum atomic E-state index is 5.27. The summed E-state index contributed by atoms with van der Waals surface area (Å²) in [5.74, 6) is 1.41. The van der Waals surface area contributed by atoms with Gasteiger partial charge in [0, 0.05) is 30.3 Å². The molecule has 5 nitrogen and oxygen atoms in total. The van der Waals surface area contributed by atoms with Crippen LogP contribution in [0.4, 0.5) is 5.13 Å². The van der Waals surface area contributed by atoms with Crippen LogP contribution < -0.4 is 5.32 Å². The van der Waals surface area contributed by atoms with E-state index in [9.17, 15) is 0 Å². The molecular weight excluding hydrogens is 244 g/mol. The zero-order valence-corrected chi connectivity index (χ0v) is 10.7. The second-order valence-corrected chi connectivity index (χ2v) is 5.08. The molecule has 0 saturated carbocycles. The standard InChI is InChI=1S/C9H12N4OS2/c1-3-10-8-11-4-7(16-8)5-15-9-13-12-6(2)14-9/h4H,3,5H2,1-2H3,(H,10,11). The number of thioether (sulfide) groups is 1. The van der Waals surface area contributed by atoms with Crippen molar-refractivity contribution in [1.82, 2.24) is 15.2 Å². The van der Waals surface area contributed by atoms with Crippen molar-refractivity contribution in [3.63, 3.8) is 0 Å². The third-order valence-corrected chi connectivity index (χ3v) is 3.73. The third-order valence-electron chi connectivity index (χ3n) is 1.73. The highest BCUT2D eigenvalue weighted by molar-refractivity contribution is 7.98. The molecule has 7 heteroatoms. The van der Waals surface area contributed by atoms with E-state index in [-0.39, 0.29) is 0 Å². The molecule has 0 aliphatic rings. The molecule has 2 aromatic rings. The van der Waals surface area contributed by atoms with Crippen molar-refractivity contribution in [2.75, 3.05) is 11.9 Å². The van der Waals surface area contributed by atoms with Gasteiger partial charge >= 0.3 is 0 Å². The summed E-state index contributed by atoms with van der Waals surface area (Å²) in [7, 11) is 0. The lowest BCUT2D eigenvalue weighted by Gasteiger charge is -1.93. The molecular formula is C9H12N4OS2. The highest BCUT2D eigenvalue weighted by atomic mass is 32.2. The first-order valence-corrected chi connectivity index (χ1v) is 6.69. The predicted molar refractivity (Wildman–Crippen MR) is 64.9 cm³/mol. The molecule has 0 unspecified atom stereocenters. The number of thiazole rings is 1. The van der Waals surface area contributed by atoms with E-state index in [1.807, 2.05) is 6.20 Å². The van der Waals surface area contributed by atoms with Crippen LogP contribution in [0.2, 0.25) is 0 Å². The summed E-state index contributed by atoms with van der Waals surface area (Å²) < 4.78 is 5.27. The smallest absolute Gasteiger partial charge is 0.276 e. The third kappa shape index (κ3) is 2.96. The minimum absolute atomic E-state index is 0.597. The van der Waals surface area contributed by atoms with E-state index < -0.39 is 0 Å². The van der Waals surface area contributed by atoms with E-state index in [0.29, 0.717) is 11.1 Å². The van der Waals surface area contributed by atoms with E-state index in [4.69, 9.17) is 4.42 Å². The fraction of sp³-hybridized carbons (Fsp3) is 0.444. The van der Waals surface area contributed by atoms with Gasteiger partial charge in [-0.2, -0.15) is 0 Å². The van der Waals surface area contributed by atoms with Crippen molar-refractivity contribution < 1.29 is 4.42 Å². The van der Waals surface area contributed by atoms with Crippen LogP contribution in [0.1, 0.15) is 17.7 Å². The Hall–Kier alpha value is -1.08. The summed E-state index contributed by atoms with van der Waals surface area (Å²) in [4.78, 5) is 5.44. The molecule has 2 aromatic heterocycles. The molecule has 0 atom stereocenters. The lowest BCUT2D eigenvalue weighted by Crippen LogP contribution is -1.94. The Labute approximate surface area is 102 Å². The Morgan fingerprint density at radius 3 is 3.06 bits per heavy atom. The van der Waals surface area contributed by atoms with Gasteiger partial charge in [-0.25, -0.2) is 4.98 Å². The zero-order chi connectivity index (χ0) is 11.4. The van der Waals surface area contributed by atoms with Crippen LogP contribution in [-0.4, -0.2) is 21.7 Å². The summed E-state index contributed by atoms with van der Waals surface area (Å²) in [6.45, 7) is 4.73. The second kappa shape index (κ2) is 5.31. The van der Waals surface area contributed by atoms with E-state index in [1.54, 1.807) is 18.3 Å². The van der Waals surface area contributed by atoms with Crippen LogP contribution >= 0.6 is 23.1 Å². The summed E-state index contributed by atoms with van der Waals surface area (Å²) in [6, 6.07) is 0. The fourth-order valence-corrected chi connectivity index (χ4v) is 2.78. The summed E-state index contributed by atoms with van der Waals surface area (Å²) in [6.07, 6.45) is 1.87. The van der Waals surface area contributed by atoms with Crippen LogP contribution in [0.3, 0.4) is 0 Å². The molecule has 0 aromatic carbocycles. The van der Waals surface area contributed by atoms with Crippen molar-refractivity contribution in [2.45, 2.75) is 24.8 Å². The Morgan fingerprint density at radius 1 is 1.50 bits per heavy atom. The van der Waals surface area contributed by atoms with Gasteiger partial charge in [-0.05, 0) is 6.92 Å². The highest BCUT2D eigenvalue weighted by Gasteiger charge is 2.06. The number of rotatable bonds is 5. The summed E-state index contributed by atoms with van der Waals surface area (Å²) in [5.41, 5.74) is 0. The average molecular weight is 256 g/mol. The Kier molecular flexibility index (Phi) is 3.79. The Morgan fingerprint density at radius 2 is 2.38 bits per heavy atom. The maximum absolute atomic E-state index is 5.27. The molecule has 0 fully saturated rings. The Bertz CT molecular complexity index is 454. The second-order valence-electron chi connectivity index (χ2n) is 3.04. The van der Waals surface area contributed by atoms with Gasteiger partial charge in [-0.3, -0.25) is 0 Å².